The number of hydrogen-bond acceptors (Lipinski definition) is 5. The van der Waals surface area contributed by atoms with Crippen molar-refractivity contribution < 1.29 is 24.1 Å². The van der Waals surface area contributed by atoms with Crippen LogP contribution in [0.4, 0.5) is 5.69 Å². The molecule has 0 spiro atoms. The fourth-order valence-electron chi connectivity index (χ4n) is 3.35. The number of ether oxygens (including phenoxy) is 3. The third-order valence-electron chi connectivity index (χ3n) is 4.76. The van der Waals surface area contributed by atoms with Gasteiger partial charge >= 0.3 is 5.97 Å². The third kappa shape index (κ3) is 6.43. The molecule has 0 aliphatic rings. The fraction of sp³-hybridized carbons (Fsp3) is 0.231. The number of aryl methyl sites for hydroxylation is 2. The lowest BCUT2D eigenvalue weighted by molar-refractivity contribution is -0.139. The molecule has 6 nitrogen and oxygen atoms in total. The summed E-state index contributed by atoms with van der Waals surface area (Å²) >= 11 is 0. The van der Waals surface area contributed by atoms with Gasteiger partial charge in [0.2, 0.25) is 0 Å². The quantitative estimate of drug-likeness (QED) is 0.257. The zero-order chi connectivity index (χ0) is 22.9. The molecule has 3 aromatic carbocycles. The van der Waals surface area contributed by atoms with Crippen molar-refractivity contribution in [3.63, 3.8) is 0 Å². The van der Waals surface area contributed by atoms with Gasteiger partial charge in [-0.05, 0) is 91.1 Å². The van der Waals surface area contributed by atoms with Crippen LogP contribution >= 0.6 is 0 Å². The second-order valence-electron chi connectivity index (χ2n) is 7.25. The molecule has 0 heterocycles. The molecule has 0 saturated heterocycles. The van der Waals surface area contributed by atoms with Crippen LogP contribution in [0.3, 0.4) is 0 Å². The summed E-state index contributed by atoms with van der Waals surface area (Å²) in [6, 6.07) is 19.2. The minimum Gasteiger partial charge on any atom is -0.482 e. The van der Waals surface area contributed by atoms with E-state index in [0.717, 1.165) is 33.7 Å². The Bertz CT molecular complexity index is 1070. The molecule has 32 heavy (non-hydrogen) atoms. The Morgan fingerprint density at radius 1 is 0.969 bits per heavy atom. The highest BCUT2D eigenvalue weighted by atomic mass is 16.7. The van der Waals surface area contributed by atoms with E-state index in [1.807, 2.05) is 31.2 Å². The van der Waals surface area contributed by atoms with Gasteiger partial charge in [0.15, 0.2) is 13.4 Å². The van der Waals surface area contributed by atoms with E-state index >= 15 is 0 Å². The number of carboxylic acid groups (broad SMARTS) is 1. The standard InChI is InChI=1S/C26H27NO5/c1-4-30-17-32-24-12-18(2)26(19(3)13-24)21-7-5-6-20(14-21)15-27-22-8-10-23(11-9-22)31-16-25(28)29/h5-15H,4,16-17H2,1-3H3,(H,28,29). The Morgan fingerprint density at radius 2 is 1.69 bits per heavy atom. The van der Waals surface area contributed by atoms with E-state index in [2.05, 4.69) is 31.0 Å². The molecule has 166 valence electrons. The lowest BCUT2D eigenvalue weighted by atomic mass is 9.94. The summed E-state index contributed by atoms with van der Waals surface area (Å²) in [6.45, 7) is 6.58. The van der Waals surface area contributed by atoms with Gasteiger partial charge < -0.3 is 19.3 Å². The van der Waals surface area contributed by atoms with Crippen LogP contribution < -0.4 is 9.47 Å². The Labute approximate surface area is 188 Å². The van der Waals surface area contributed by atoms with Gasteiger partial charge in [0.1, 0.15) is 11.5 Å². The molecule has 0 aromatic heterocycles. The summed E-state index contributed by atoms with van der Waals surface area (Å²) in [6.07, 6.45) is 1.81. The average Bonchev–Trinajstić information content (AvgIpc) is 2.77. The fourth-order valence-corrected chi connectivity index (χ4v) is 3.35. The summed E-state index contributed by atoms with van der Waals surface area (Å²) in [5, 5.41) is 8.68. The maximum Gasteiger partial charge on any atom is 0.341 e. The number of hydrogen-bond donors (Lipinski definition) is 1. The van der Waals surface area contributed by atoms with Crippen molar-refractivity contribution in [2.45, 2.75) is 20.8 Å². The van der Waals surface area contributed by atoms with Crippen molar-refractivity contribution >= 4 is 17.9 Å². The van der Waals surface area contributed by atoms with Crippen LogP contribution in [-0.2, 0) is 9.53 Å². The number of nitrogens with zero attached hydrogens (tertiary/aromatic N) is 1. The SMILES string of the molecule is CCOCOc1cc(C)c(-c2cccc(C=Nc3ccc(OCC(=O)O)cc3)c2)c(C)c1. The number of aliphatic carboxylic acids is 1. The molecule has 1 N–H and O–H groups in total. The van der Waals surface area contributed by atoms with Crippen molar-refractivity contribution in [3.05, 3.63) is 77.4 Å². The van der Waals surface area contributed by atoms with Crippen LogP contribution in [0.2, 0.25) is 0 Å². The van der Waals surface area contributed by atoms with Gasteiger partial charge in [-0.25, -0.2) is 4.79 Å². The van der Waals surface area contributed by atoms with Crippen molar-refractivity contribution in [2.75, 3.05) is 20.0 Å². The molecule has 0 unspecified atom stereocenters. The molecular weight excluding hydrogens is 406 g/mol. The highest BCUT2D eigenvalue weighted by Crippen LogP contribution is 2.31. The normalized spacial score (nSPS) is 11.0. The zero-order valence-electron chi connectivity index (χ0n) is 18.5. The van der Waals surface area contributed by atoms with E-state index in [-0.39, 0.29) is 13.4 Å². The second-order valence-corrected chi connectivity index (χ2v) is 7.25. The van der Waals surface area contributed by atoms with Gasteiger partial charge in [-0.15, -0.1) is 0 Å². The predicted molar refractivity (Wildman–Crippen MR) is 125 cm³/mol. The molecular formula is C26H27NO5. The Balaban J connectivity index is 1.75. The van der Waals surface area contributed by atoms with Gasteiger partial charge in [-0.1, -0.05) is 18.2 Å². The van der Waals surface area contributed by atoms with Crippen molar-refractivity contribution in [3.8, 4) is 22.6 Å². The van der Waals surface area contributed by atoms with E-state index in [1.54, 1.807) is 30.5 Å². The second kappa shape index (κ2) is 11.1. The van der Waals surface area contributed by atoms with E-state index in [4.69, 9.17) is 19.3 Å². The first kappa shape index (κ1) is 23.0. The maximum atomic E-state index is 10.6. The molecule has 0 saturated carbocycles. The van der Waals surface area contributed by atoms with Gasteiger partial charge in [0, 0.05) is 12.8 Å². The topological polar surface area (TPSA) is 77.3 Å². The molecule has 0 radical (unpaired) electrons. The number of carboxylic acids is 1. The number of benzene rings is 3. The van der Waals surface area contributed by atoms with Crippen LogP contribution in [-0.4, -0.2) is 37.3 Å². The first-order valence-corrected chi connectivity index (χ1v) is 10.4. The van der Waals surface area contributed by atoms with Crippen LogP contribution in [0.1, 0.15) is 23.6 Å². The highest BCUT2D eigenvalue weighted by molar-refractivity contribution is 5.85. The van der Waals surface area contributed by atoms with Crippen LogP contribution in [0.5, 0.6) is 11.5 Å². The summed E-state index contributed by atoms with van der Waals surface area (Å²) in [4.78, 5) is 15.1. The molecule has 6 heteroatoms. The molecule has 3 aromatic rings. The van der Waals surface area contributed by atoms with Crippen LogP contribution in [0.25, 0.3) is 11.1 Å². The summed E-state index contributed by atoms with van der Waals surface area (Å²) in [5.74, 6) is 0.281. The predicted octanol–water partition coefficient (Wildman–Crippen LogP) is 5.56. The van der Waals surface area contributed by atoms with Crippen LogP contribution in [0.15, 0.2) is 65.7 Å². The summed E-state index contributed by atoms with van der Waals surface area (Å²) in [7, 11) is 0. The highest BCUT2D eigenvalue weighted by Gasteiger charge is 2.09. The van der Waals surface area contributed by atoms with E-state index in [9.17, 15) is 4.79 Å². The van der Waals surface area contributed by atoms with Gasteiger partial charge in [-0.3, -0.25) is 4.99 Å². The molecule has 0 bridgehead atoms. The van der Waals surface area contributed by atoms with Gasteiger partial charge in [0.05, 0.1) is 5.69 Å². The largest absolute Gasteiger partial charge is 0.482 e. The molecule has 0 fully saturated rings. The summed E-state index contributed by atoms with van der Waals surface area (Å²) in [5.41, 5.74) is 6.26. The first-order chi connectivity index (χ1) is 15.5. The number of aliphatic imine (C=N–C) groups is 1. The molecule has 3 rings (SSSR count). The minimum absolute atomic E-state index is 0.243. The van der Waals surface area contributed by atoms with E-state index < -0.39 is 5.97 Å². The zero-order valence-corrected chi connectivity index (χ0v) is 18.5. The van der Waals surface area contributed by atoms with Crippen molar-refractivity contribution in [2.24, 2.45) is 4.99 Å². The molecule has 0 aliphatic heterocycles. The number of carbonyl (C=O) groups is 1. The first-order valence-electron chi connectivity index (χ1n) is 10.4. The molecule has 0 atom stereocenters. The lowest BCUT2D eigenvalue weighted by Gasteiger charge is -2.14. The van der Waals surface area contributed by atoms with E-state index in [0.29, 0.717) is 12.4 Å². The average molecular weight is 434 g/mol. The molecule has 0 aliphatic carbocycles. The van der Waals surface area contributed by atoms with Gasteiger partial charge in [0.25, 0.3) is 0 Å². The Kier molecular flexibility index (Phi) is 8.00. The molecule has 0 amide bonds. The monoisotopic (exact) mass is 433 g/mol. The number of rotatable bonds is 10. The third-order valence-corrected chi connectivity index (χ3v) is 4.76. The Morgan fingerprint density at radius 3 is 2.34 bits per heavy atom. The summed E-state index contributed by atoms with van der Waals surface area (Å²) < 4.78 is 16.1. The lowest BCUT2D eigenvalue weighted by Crippen LogP contribution is -2.09. The van der Waals surface area contributed by atoms with E-state index in [1.165, 1.54) is 5.56 Å². The van der Waals surface area contributed by atoms with Gasteiger partial charge in [-0.2, -0.15) is 0 Å². The van der Waals surface area contributed by atoms with Crippen molar-refractivity contribution in [1.29, 1.82) is 0 Å². The smallest absolute Gasteiger partial charge is 0.341 e. The van der Waals surface area contributed by atoms with Crippen LogP contribution in [0, 0.1) is 13.8 Å². The minimum atomic E-state index is -1.01. The maximum absolute atomic E-state index is 10.6. The Hall–Kier alpha value is -3.64. The van der Waals surface area contributed by atoms with Crippen molar-refractivity contribution in [1.82, 2.24) is 0 Å².